The average Bonchev–Trinajstić information content (AvgIpc) is 3.83. The molecule has 9 rings (SSSR count). The summed E-state index contributed by atoms with van der Waals surface area (Å²) in [5.74, 6) is 1.67. The Balaban J connectivity index is 1.01. The maximum Gasteiger partial charge on any atom is 0.248 e. The van der Waals surface area contributed by atoms with E-state index in [0.29, 0.717) is 11.8 Å². The third-order valence-corrected chi connectivity index (χ3v) is 8.30. The molecule has 0 spiro atoms. The third kappa shape index (κ3) is 4.67. The highest BCUT2D eigenvalue weighted by molar-refractivity contribution is 6.21. The number of H-pyrrole nitrogens is 1. The molecule has 0 unspecified atom stereocenters. The van der Waals surface area contributed by atoms with Gasteiger partial charge in [0.15, 0.2) is 0 Å². The summed E-state index contributed by atoms with van der Waals surface area (Å²) in [5, 5.41) is 10.7. The number of para-hydroxylation sites is 2. The van der Waals surface area contributed by atoms with Crippen molar-refractivity contribution in [2.24, 2.45) is 0 Å². The van der Waals surface area contributed by atoms with Crippen LogP contribution in [0.5, 0.6) is 0 Å². The maximum atomic E-state index is 6.14. The van der Waals surface area contributed by atoms with Crippen LogP contribution in [0.2, 0.25) is 0 Å². The lowest BCUT2D eigenvalue weighted by atomic mass is 10.1. The van der Waals surface area contributed by atoms with Gasteiger partial charge < -0.3 is 14.3 Å². The number of anilines is 3. The van der Waals surface area contributed by atoms with Crippen LogP contribution in [0.3, 0.4) is 0 Å². The van der Waals surface area contributed by atoms with Crippen molar-refractivity contribution in [3.63, 3.8) is 0 Å². The topological polar surface area (TPSA) is 96.6 Å². The Bertz CT molecular complexity index is 2390. The van der Waals surface area contributed by atoms with Crippen LogP contribution >= 0.6 is 0 Å². The van der Waals surface area contributed by atoms with E-state index in [2.05, 4.69) is 66.4 Å². The van der Waals surface area contributed by atoms with Crippen molar-refractivity contribution in [1.29, 1.82) is 0 Å². The normalized spacial score (nSPS) is 11.4. The van der Waals surface area contributed by atoms with Gasteiger partial charge in [-0.05, 0) is 84.9 Å². The molecule has 4 aromatic heterocycles. The van der Waals surface area contributed by atoms with E-state index in [0.717, 1.165) is 72.4 Å². The number of aromatic amines is 1. The second-order valence-electron chi connectivity index (χ2n) is 11.2. The molecule has 47 heavy (non-hydrogen) atoms. The smallest absolute Gasteiger partial charge is 0.248 e. The number of nitrogens with zero attached hydrogens (tertiary/aromatic N) is 6. The van der Waals surface area contributed by atoms with Crippen molar-refractivity contribution in [2.75, 3.05) is 4.90 Å². The quantitative estimate of drug-likeness (QED) is 0.188. The molecule has 9 aromatic rings. The molecule has 222 valence electrons. The standard InChI is InChI=1S/C39H25N7O/c1-3-9-28(10-4-1)46(29-11-5-2-6-12-29)30-21-19-27(20-22-30)39-45-44-38(47-39)26-17-15-25(16-18-26)37-42-35-31-13-7-23-40-33(31)34-32(36(35)43-37)14-8-24-41-34/h1-24H,(H,42,43). The van der Waals surface area contributed by atoms with Gasteiger partial charge in [0.2, 0.25) is 11.8 Å². The summed E-state index contributed by atoms with van der Waals surface area (Å²) in [6.07, 6.45) is 3.58. The van der Waals surface area contributed by atoms with E-state index in [-0.39, 0.29) is 0 Å². The third-order valence-electron chi connectivity index (χ3n) is 8.30. The second kappa shape index (κ2) is 11.0. The van der Waals surface area contributed by atoms with Crippen LogP contribution in [0, 0.1) is 0 Å². The predicted octanol–water partition coefficient (Wildman–Crippen LogP) is 9.51. The highest BCUT2D eigenvalue weighted by Gasteiger charge is 2.17. The summed E-state index contributed by atoms with van der Waals surface area (Å²) in [6, 6.07) is 44.7. The first kappa shape index (κ1) is 26.7. The molecule has 0 radical (unpaired) electrons. The molecule has 0 atom stereocenters. The molecular formula is C39H25N7O. The molecular weight excluding hydrogens is 582 g/mol. The van der Waals surface area contributed by atoms with Gasteiger partial charge in [-0.3, -0.25) is 9.97 Å². The Morgan fingerprint density at radius 1 is 0.468 bits per heavy atom. The first-order chi connectivity index (χ1) is 23.3. The molecule has 0 aliphatic rings. The van der Waals surface area contributed by atoms with Crippen LogP contribution in [-0.4, -0.2) is 30.1 Å². The number of hydrogen-bond donors (Lipinski definition) is 1. The van der Waals surface area contributed by atoms with Gasteiger partial charge in [0.05, 0.1) is 22.1 Å². The van der Waals surface area contributed by atoms with Gasteiger partial charge in [-0.2, -0.15) is 0 Å². The number of nitrogens with one attached hydrogen (secondary N) is 1. The average molecular weight is 608 g/mol. The van der Waals surface area contributed by atoms with Crippen LogP contribution in [0.15, 0.2) is 150 Å². The van der Waals surface area contributed by atoms with Crippen LogP contribution < -0.4 is 4.90 Å². The summed E-state index contributed by atoms with van der Waals surface area (Å²) < 4.78 is 6.14. The Labute approximate surface area is 269 Å². The van der Waals surface area contributed by atoms with Crippen LogP contribution in [0.4, 0.5) is 17.1 Å². The summed E-state index contributed by atoms with van der Waals surface area (Å²) >= 11 is 0. The molecule has 0 saturated carbocycles. The van der Waals surface area contributed by atoms with Crippen molar-refractivity contribution < 1.29 is 4.42 Å². The lowest BCUT2D eigenvalue weighted by Crippen LogP contribution is -2.09. The molecule has 0 aliphatic carbocycles. The monoisotopic (exact) mass is 607 g/mol. The number of aromatic nitrogens is 6. The number of pyridine rings is 2. The fraction of sp³-hybridized carbons (Fsp3) is 0. The van der Waals surface area contributed by atoms with Crippen molar-refractivity contribution in [1.82, 2.24) is 30.1 Å². The largest absolute Gasteiger partial charge is 0.416 e. The zero-order valence-electron chi connectivity index (χ0n) is 24.9. The maximum absolute atomic E-state index is 6.14. The van der Waals surface area contributed by atoms with Crippen LogP contribution in [0.1, 0.15) is 0 Å². The van der Waals surface area contributed by atoms with E-state index in [4.69, 9.17) is 9.40 Å². The Morgan fingerprint density at radius 3 is 1.60 bits per heavy atom. The first-order valence-electron chi connectivity index (χ1n) is 15.3. The first-order valence-corrected chi connectivity index (χ1v) is 15.3. The van der Waals surface area contributed by atoms with Crippen LogP contribution in [-0.2, 0) is 0 Å². The van der Waals surface area contributed by atoms with E-state index >= 15 is 0 Å². The van der Waals surface area contributed by atoms with Crippen molar-refractivity contribution in [3.05, 3.63) is 146 Å². The zero-order chi connectivity index (χ0) is 31.2. The highest BCUT2D eigenvalue weighted by atomic mass is 16.4. The molecule has 0 bridgehead atoms. The fourth-order valence-electron chi connectivity index (χ4n) is 6.06. The number of fused-ring (bicyclic) bond motifs is 6. The molecule has 1 N–H and O–H groups in total. The summed E-state index contributed by atoms with van der Waals surface area (Å²) in [7, 11) is 0. The predicted molar refractivity (Wildman–Crippen MR) is 186 cm³/mol. The lowest BCUT2D eigenvalue weighted by Gasteiger charge is -2.25. The molecule has 5 aromatic carbocycles. The van der Waals surface area contributed by atoms with E-state index in [9.17, 15) is 0 Å². The summed E-state index contributed by atoms with van der Waals surface area (Å²) in [5.41, 5.74) is 9.30. The minimum Gasteiger partial charge on any atom is -0.416 e. The van der Waals surface area contributed by atoms with Gasteiger partial charge in [-0.25, -0.2) is 4.98 Å². The molecule has 0 fully saturated rings. The fourth-order valence-corrected chi connectivity index (χ4v) is 6.06. The number of hydrogen-bond acceptors (Lipinski definition) is 7. The van der Waals surface area contributed by atoms with Crippen LogP contribution in [0.25, 0.3) is 67.1 Å². The summed E-state index contributed by atoms with van der Waals surface area (Å²) in [6.45, 7) is 0. The van der Waals surface area contributed by atoms with Crippen molar-refractivity contribution in [2.45, 2.75) is 0 Å². The summed E-state index contributed by atoms with van der Waals surface area (Å²) in [4.78, 5) is 19.9. The number of imidazole rings is 1. The minimum atomic E-state index is 0.449. The van der Waals surface area contributed by atoms with Gasteiger partial charge >= 0.3 is 0 Å². The van der Waals surface area contributed by atoms with E-state index < -0.39 is 0 Å². The lowest BCUT2D eigenvalue weighted by molar-refractivity contribution is 0.584. The van der Waals surface area contributed by atoms with Crippen molar-refractivity contribution >= 4 is 49.9 Å². The molecule has 0 amide bonds. The number of rotatable bonds is 6. The number of benzene rings is 5. The van der Waals surface area contributed by atoms with E-state index in [1.54, 1.807) is 12.4 Å². The molecule has 8 nitrogen and oxygen atoms in total. The van der Waals surface area contributed by atoms with E-state index in [1.165, 1.54) is 0 Å². The van der Waals surface area contributed by atoms with Gasteiger partial charge in [-0.1, -0.05) is 48.5 Å². The molecule has 0 saturated heterocycles. The molecule has 8 heteroatoms. The highest BCUT2D eigenvalue weighted by Crippen LogP contribution is 2.36. The SMILES string of the molecule is c1ccc(N(c2ccccc2)c2ccc(-c3nnc(-c4ccc(-c5nc6c7cccnc7c7ncccc7c6[nH]5)cc4)o3)cc2)cc1. The van der Waals surface area contributed by atoms with Gasteiger partial charge in [-0.15, -0.1) is 10.2 Å². The second-order valence-corrected chi connectivity index (χ2v) is 11.2. The van der Waals surface area contributed by atoms with Gasteiger partial charge in [0.1, 0.15) is 5.82 Å². The minimum absolute atomic E-state index is 0.449. The zero-order valence-corrected chi connectivity index (χ0v) is 24.9. The Morgan fingerprint density at radius 2 is 0.979 bits per heavy atom. The Kier molecular flexibility index (Phi) is 6.28. The van der Waals surface area contributed by atoms with Crippen molar-refractivity contribution in [3.8, 4) is 34.3 Å². The van der Waals surface area contributed by atoms with Gasteiger partial charge in [0.25, 0.3) is 0 Å². The van der Waals surface area contributed by atoms with Gasteiger partial charge in [0, 0.05) is 56.9 Å². The Hall–Kier alpha value is -6.67. The van der Waals surface area contributed by atoms with E-state index in [1.807, 2.05) is 97.1 Å². The molecule has 4 heterocycles. The molecule has 0 aliphatic heterocycles.